The first-order chi connectivity index (χ1) is 10.9. The third kappa shape index (κ3) is 2.88. The molecule has 2 aromatic carbocycles. The highest BCUT2D eigenvalue weighted by molar-refractivity contribution is 5.92. The molecule has 3 rings (SSSR count). The number of aromatic amines is 1. The van der Waals surface area contributed by atoms with Gasteiger partial charge in [0, 0.05) is 5.56 Å². The van der Waals surface area contributed by atoms with Crippen LogP contribution in [0.15, 0.2) is 36.4 Å². The number of nitrogens with zero attached hydrogens (tertiary/aromatic N) is 2. The number of hydrogen-bond acceptors (Lipinski definition) is 2. The van der Waals surface area contributed by atoms with Crippen molar-refractivity contribution >= 4 is 11.0 Å². The fourth-order valence-corrected chi connectivity index (χ4v) is 2.99. The molecular formula is C20H25N3. The van der Waals surface area contributed by atoms with E-state index in [4.69, 9.17) is 0 Å². The quantitative estimate of drug-likeness (QED) is 0.700. The predicted molar refractivity (Wildman–Crippen MR) is 96.7 cm³/mol. The first-order valence-electron chi connectivity index (χ1n) is 8.36. The minimum Gasteiger partial charge on any atom is -0.197 e. The Morgan fingerprint density at radius 3 is 2.52 bits per heavy atom. The Kier molecular flexibility index (Phi) is 3.97. The van der Waals surface area contributed by atoms with Crippen LogP contribution in [-0.4, -0.2) is 15.4 Å². The van der Waals surface area contributed by atoms with Gasteiger partial charge >= 0.3 is 0 Å². The Balaban J connectivity index is 2.28. The summed E-state index contributed by atoms with van der Waals surface area (Å²) >= 11 is 0. The lowest BCUT2D eigenvalue weighted by Gasteiger charge is -2.23. The van der Waals surface area contributed by atoms with E-state index in [1.165, 1.54) is 16.7 Å². The maximum atomic E-state index is 4.38. The zero-order valence-corrected chi connectivity index (χ0v) is 14.6. The van der Waals surface area contributed by atoms with E-state index in [1.807, 2.05) is 6.07 Å². The van der Waals surface area contributed by atoms with Gasteiger partial charge in [0.15, 0.2) is 0 Å². The Hall–Kier alpha value is -2.16. The molecule has 0 aliphatic rings. The molecule has 3 heteroatoms. The van der Waals surface area contributed by atoms with Crippen LogP contribution in [0.4, 0.5) is 0 Å². The van der Waals surface area contributed by atoms with Crippen molar-refractivity contribution in [3.63, 3.8) is 0 Å². The van der Waals surface area contributed by atoms with Gasteiger partial charge in [0.2, 0.25) is 0 Å². The van der Waals surface area contributed by atoms with Crippen LogP contribution >= 0.6 is 0 Å². The molecule has 0 radical (unpaired) electrons. The third-order valence-electron chi connectivity index (χ3n) is 4.70. The lowest BCUT2D eigenvalue weighted by atomic mass is 9.81. The van der Waals surface area contributed by atoms with E-state index in [0.29, 0.717) is 5.92 Å². The summed E-state index contributed by atoms with van der Waals surface area (Å²) < 4.78 is 0. The van der Waals surface area contributed by atoms with Crippen LogP contribution in [0, 0.1) is 0 Å². The van der Waals surface area contributed by atoms with Gasteiger partial charge in [-0.25, -0.2) is 0 Å². The normalized spacial score (nSPS) is 13.4. The Morgan fingerprint density at radius 2 is 1.83 bits per heavy atom. The number of nitrogens with one attached hydrogen (secondary N) is 1. The van der Waals surface area contributed by atoms with Crippen LogP contribution in [0.3, 0.4) is 0 Å². The second-order valence-corrected chi connectivity index (χ2v) is 7.36. The molecule has 1 heterocycles. The first-order valence-corrected chi connectivity index (χ1v) is 8.36. The summed E-state index contributed by atoms with van der Waals surface area (Å²) in [4.78, 5) is 0. The molecule has 120 valence electrons. The van der Waals surface area contributed by atoms with Crippen LogP contribution in [0.25, 0.3) is 22.2 Å². The molecule has 0 bridgehead atoms. The largest absolute Gasteiger partial charge is 0.197 e. The van der Waals surface area contributed by atoms with Crippen molar-refractivity contribution in [1.82, 2.24) is 15.4 Å². The van der Waals surface area contributed by atoms with E-state index < -0.39 is 0 Å². The zero-order chi connectivity index (χ0) is 16.6. The monoisotopic (exact) mass is 307 g/mol. The van der Waals surface area contributed by atoms with E-state index >= 15 is 0 Å². The molecule has 0 aliphatic heterocycles. The second-order valence-electron chi connectivity index (χ2n) is 7.36. The molecule has 1 aromatic heterocycles. The van der Waals surface area contributed by atoms with Crippen molar-refractivity contribution in [2.75, 3.05) is 0 Å². The summed E-state index contributed by atoms with van der Waals surface area (Å²) in [6.07, 6.45) is 1.12. The molecular weight excluding hydrogens is 282 g/mol. The number of fused-ring (bicyclic) bond motifs is 1. The van der Waals surface area contributed by atoms with Crippen molar-refractivity contribution in [2.45, 2.75) is 52.4 Å². The SMILES string of the molecule is CCC(C)c1ccc(C(C)(C)C)cc1-c1cccc2n[nH]nc12. The number of hydrogen-bond donors (Lipinski definition) is 1. The molecule has 0 amide bonds. The molecule has 1 atom stereocenters. The minimum atomic E-state index is 0.125. The lowest BCUT2D eigenvalue weighted by Crippen LogP contribution is -2.12. The highest BCUT2D eigenvalue weighted by atomic mass is 15.3. The van der Waals surface area contributed by atoms with Crippen molar-refractivity contribution in [3.05, 3.63) is 47.5 Å². The van der Waals surface area contributed by atoms with Gasteiger partial charge < -0.3 is 0 Å². The van der Waals surface area contributed by atoms with E-state index in [1.54, 1.807) is 0 Å². The lowest BCUT2D eigenvalue weighted by molar-refractivity contribution is 0.589. The number of rotatable bonds is 3. The van der Waals surface area contributed by atoms with Crippen LogP contribution in [-0.2, 0) is 5.41 Å². The molecule has 0 aliphatic carbocycles. The molecule has 1 unspecified atom stereocenters. The highest BCUT2D eigenvalue weighted by Crippen LogP contribution is 2.37. The number of para-hydroxylation sites is 1. The Morgan fingerprint density at radius 1 is 1.04 bits per heavy atom. The standard InChI is InChI=1S/C20H25N3/c1-6-13(2)15-11-10-14(20(3,4)5)12-17(15)16-8-7-9-18-19(16)22-23-21-18/h7-13H,6H2,1-5H3,(H,21,22,23). The van der Waals surface area contributed by atoms with Crippen molar-refractivity contribution in [2.24, 2.45) is 0 Å². The van der Waals surface area contributed by atoms with E-state index in [2.05, 4.69) is 80.4 Å². The zero-order valence-electron chi connectivity index (χ0n) is 14.6. The van der Waals surface area contributed by atoms with E-state index in [9.17, 15) is 0 Å². The molecule has 0 saturated heterocycles. The number of benzene rings is 2. The topological polar surface area (TPSA) is 41.6 Å². The summed E-state index contributed by atoms with van der Waals surface area (Å²) in [5, 5.41) is 11.4. The molecule has 1 N–H and O–H groups in total. The summed E-state index contributed by atoms with van der Waals surface area (Å²) in [6.45, 7) is 11.3. The molecule has 0 spiro atoms. The first kappa shape index (κ1) is 15.7. The van der Waals surface area contributed by atoms with Crippen LogP contribution in [0.2, 0.25) is 0 Å². The van der Waals surface area contributed by atoms with Gasteiger partial charge in [-0.1, -0.05) is 65.0 Å². The second kappa shape index (κ2) is 5.80. The van der Waals surface area contributed by atoms with Crippen molar-refractivity contribution < 1.29 is 0 Å². The van der Waals surface area contributed by atoms with Gasteiger partial charge in [0.1, 0.15) is 11.0 Å². The average molecular weight is 307 g/mol. The molecule has 3 nitrogen and oxygen atoms in total. The van der Waals surface area contributed by atoms with Gasteiger partial charge in [-0.05, 0) is 40.5 Å². The summed E-state index contributed by atoms with van der Waals surface area (Å²) in [5.74, 6) is 0.515. The van der Waals surface area contributed by atoms with Crippen LogP contribution in [0.1, 0.15) is 58.1 Å². The molecule has 0 fully saturated rings. The van der Waals surface area contributed by atoms with E-state index in [0.717, 1.165) is 23.0 Å². The maximum absolute atomic E-state index is 4.38. The molecule has 0 saturated carbocycles. The van der Waals surface area contributed by atoms with Crippen LogP contribution < -0.4 is 0 Å². The number of H-pyrrole nitrogens is 1. The van der Waals surface area contributed by atoms with E-state index in [-0.39, 0.29) is 5.41 Å². The summed E-state index contributed by atoms with van der Waals surface area (Å²) in [7, 11) is 0. The smallest absolute Gasteiger partial charge is 0.120 e. The third-order valence-corrected chi connectivity index (χ3v) is 4.70. The summed E-state index contributed by atoms with van der Waals surface area (Å²) in [6, 6.07) is 13.1. The Labute approximate surface area is 138 Å². The van der Waals surface area contributed by atoms with Crippen LogP contribution in [0.5, 0.6) is 0 Å². The van der Waals surface area contributed by atoms with Gasteiger partial charge in [-0.2, -0.15) is 15.4 Å². The fraction of sp³-hybridized carbons (Fsp3) is 0.400. The average Bonchev–Trinajstić information content (AvgIpc) is 3.01. The Bertz CT molecular complexity index is 824. The van der Waals surface area contributed by atoms with Crippen molar-refractivity contribution in [3.8, 4) is 11.1 Å². The van der Waals surface area contributed by atoms with Gasteiger partial charge in [-0.15, -0.1) is 0 Å². The summed E-state index contributed by atoms with van der Waals surface area (Å²) in [5.41, 5.74) is 7.17. The predicted octanol–water partition coefficient (Wildman–Crippen LogP) is 5.44. The van der Waals surface area contributed by atoms with Crippen molar-refractivity contribution in [1.29, 1.82) is 0 Å². The maximum Gasteiger partial charge on any atom is 0.120 e. The highest BCUT2D eigenvalue weighted by Gasteiger charge is 2.19. The van der Waals surface area contributed by atoms with Gasteiger partial charge in [0.05, 0.1) is 0 Å². The van der Waals surface area contributed by atoms with Gasteiger partial charge in [0.25, 0.3) is 0 Å². The van der Waals surface area contributed by atoms with Gasteiger partial charge in [-0.3, -0.25) is 0 Å². The minimum absolute atomic E-state index is 0.125. The number of aromatic nitrogens is 3. The molecule has 3 aromatic rings. The fourth-order valence-electron chi connectivity index (χ4n) is 2.99. The molecule has 23 heavy (non-hydrogen) atoms.